The topological polar surface area (TPSA) is 58.2 Å². The molecule has 2 N–H and O–H groups in total. The lowest BCUT2D eigenvalue weighted by atomic mass is 10.2. The summed E-state index contributed by atoms with van der Waals surface area (Å²) in [5, 5.41) is 4.65. The first-order chi connectivity index (χ1) is 10.5. The zero-order valence-electron chi connectivity index (χ0n) is 11.2. The highest BCUT2D eigenvalue weighted by atomic mass is 35.5. The van der Waals surface area contributed by atoms with Crippen LogP contribution in [0.5, 0.6) is 0 Å². The van der Waals surface area contributed by atoms with Gasteiger partial charge in [0.25, 0.3) is 0 Å². The molecule has 0 aromatic heterocycles. The zero-order valence-corrected chi connectivity index (χ0v) is 12.0. The van der Waals surface area contributed by atoms with Crippen LogP contribution in [0.1, 0.15) is 5.56 Å². The molecule has 7 heteroatoms. The molecule has 0 unspecified atom stereocenters. The van der Waals surface area contributed by atoms with E-state index in [2.05, 4.69) is 5.32 Å². The van der Waals surface area contributed by atoms with Gasteiger partial charge in [-0.2, -0.15) is 0 Å². The third kappa shape index (κ3) is 3.79. The van der Waals surface area contributed by atoms with Crippen molar-refractivity contribution >= 4 is 29.1 Å². The van der Waals surface area contributed by atoms with E-state index in [1.165, 1.54) is 0 Å². The summed E-state index contributed by atoms with van der Waals surface area (Å²) in [4.78, 5) is 23.3. The fraction of sp³-hybridized carbons (Fsp3) is 0.0667. The minimum atomic E-state index is -1.17. The second-order valence-electron chi connectivity index (χ2n) is 4.32. The molecule has 2 rings (SSSR count). The average Bonchev–Trinajstić information content (AvgIpc) is 2.49. The van der Waals surface area contributed by atoms with Gasteiger partial charge in [-0.05, 0) is 23.8 Å². The van der Waals surface area contributed by atoms with Gasteiger partial charge < -0.3 is 10.6 Å². The molecule has 0 spiro atoms. The van der Waals surface area contributed by atoms with Crippen LogP contribution in [-0.2, 0) is 16.1 Å². The van der Waals surface area contributed by atoms with Gasteiger partial charge in [-0.1, -0.05) is 35.9 Å². The van der Waals surface area contributed by atoms with Gasteiger partial charge in [0.05, 0.1) is 0 Å². The second-order valence-corrected chi connectivity index (χ2v) is 4.73. The molecule has 114 valence electrons. The summed E-state index contributed by atoms with van der Waals surface area (Å²) in [6, 6.07) is 9.86. The minimum absolute atomic E-state index is 0.0195. The number of para-hydroxylation sites is 1. The second kappa shape index (κ2) is 7.00. The highest BCUT2D eigenvalue weighted by Gasteiger charge is 2.18. The monoisotopic (exact) mass is 324 g/mol. The van der Waals surface area contributed by atoms with Crippen molar-refractivity contribution in [3.05, 3.63) is 64.7 Å². The minimum Gasteiger partial charge on any atom is -0.344 e. The molecule has 0 saturated carbocycles. The van der Waals surface area contributed by atoms with Gasteiger partial charge in [-0.15, -0.1) is 0 Å². The highest BCUT2D eigenvalue weighted by molar-refractivity contribution is 6.39. The molecule has 0 aliphatic carbocycles. The van der Waals surface area contributed by atoms with E-state index in [0.717, 1.165) is 18.2 Å². The van der Waals surface area contributed by atoms with Crippen molar-refractivity contribution in [2.24, 2.45) is 0 Å². The number of carbonyl (C=O) groups is 2. The molecular weight excluding hydrogens is 314 g/mol. The average molecular weight is 325 g/mol. The Bertz CT molecular complexity index is 702. The molecule has 22 heavy (non-hydrogen) atoms. The first kappa shape index (κ1) is 15.9. The Morgan fingerprint density at radius 2 is 1.59 bits per heavy atom. The lowest BCUT2D eigenvalue weighted by Gasteiger charge is -2.08. The van der Waals surface area contributed by atoms with Crippen molar-refractivity contribution < 1.29 is 18.4 Å². The predicted octanol–water partition coefficient (Wildman–Crippen LogP) is 2.87. The maximum atomic E-state index is 13.4. The number of benzene rings is 2. The Morgan fingerprint density at radius 1 is 0.955 bits per heavy atom. The third-order valence-electron chi connectivity index (χ3n) is 2.80. The van der Waals surface area contributed by atoms with E-state index in [9.17, 15) is 18.4 Å². The molecule has 0 heterocycles. The molecule has 0 atom stereocenters. The van der Waals surface area contributed by atoms with E-state index in [4.69, 9.17) is 11.6 Å². The van der Waals surface area contributed by atoms with Gasteiger partial charge in [0.15, 0.2) is 0 Å². The van der Waals surface area contributed by atoms with Gasteiger partial charge in [-0.25, -0.2) is 8.78 Å². The van der Waals surface area contributed by atoms with Crippen LogP contribution in [0.2, 0.25) is 5.02 Å². The van der Waals surface area contributed by atoms with Gasteiger partial charge in [0, 0.05) is 11.6 Å². The Kier molecular flexibility index (Phi) is 5.06. The fourth-order valence-electron chi connectivity index (χ4n) is 1.69. The maximum Gasteiger partial charge on any atom is 0.313 e. The van der Waals surface area contributed by atoms with Crippen molar-refractivity contribution in [2.45, 2.75) is 6.54 Å². The van der Waals surface area contributed by atoms with Crippen molar-refractivity contribution in [2.75, 3.05) is 5.32 Å². The van der Waals surface area contributed by atoms with E-state index < -0.39 is 29.1 Å². The lowest BCUT2D eigenvalue weighted by Crippen LogP contribution is -2.35. The Labute approximate surface area is 130 Å². The van der Waals surface area contributed by atoms with Crippen LogP contribution in [0.3, 0.4) is 0 Å². The van der Waals surface area contributed by atoms with Crippen LogP contribution in [-0.4, -0.2) is 11.8 Å². The molecule has 2 amide bonds. The SMILES string of the molecule is O=C(NCc1ccccc1Cl)C(=O)Nc1c(F)cccc1F. The first-order valence-electron chi connectivity index (χ1n) is 6.25. The molecule has 0 aliphatic rings. The van der Waals surface area contributed by atoms with E-state index in [1.807, 2.05) is 5.32 Å². The van der Waals surface area contributed by atoms with Crippen LogP contribution in [0.25, 0.3) is 0 Å². The fourth-order valence-corrected chi connectivity index (χ4v) is 1.89. The number of anilines is 1. The Morgan fingerprint density at radius 3 is 2.23 bits per heavy atom. The van der Waals surface area contributed by atoms with Gasteiger partial charge in [0.1, 0.15) is 17.3 Å². The zero-order chi connectivity index (χ0) is 16.1. The van der Waals surface area contributed by atoms with Crippen LogP contribution < -0.4 is 10.6 Å². The van der Waals surface area contributed by atoms with Crippen LogP contribution in [0, 0.1) is 11.6 Å². The normalized spacial score (nSPS) is 10.1. The summed E-state index contributed by atoms with van der Waals surface area (Å²) in [5.41, 5.74) is -0.0530. The quantitative estimate of drug-likeness (QED) is 0.853. The number of carbonyl (C=O) groups excluding carboxylic acids is 2. The number of halogens is 3. The summed E-state index contributed by atoms with van der Waals surface area (Å²) in [6.07, 6.45) is 0. The van der Waals surface area contributed by atoms with Crippen LogP contribution in [0.15, 0.2) is 42.5 Å². The van der Waals surface area contributed by atoms with E-state index in [-0.39, 0.29) is 6.54 Å². The van der Waals surface area contributed by atoms with Crippen LogP contribution in [0.4, 0.5) is 14.5 Å². The molecule has 0 bridgehead atoms. The number of rotatable bonds is 3. The predicted molar refractivity (Wildman–Crippen MR) is 78.3 cm³/mol. The molecule has 4 nitrogen and oxygen atoms in total. The number of hydrogen-bond donors (Lipinski definition) is 2. The van der Waals surface area contributed by atoms with Crippen LogP contribution >= 0.6 is 11.6 Å². The molecule has 2 aromatic carbocycles. The van der Waals surface area contributed by atoms with Gasteiger partial charge in [-0.3, -0.25) is 9.59 Å². The highest BCUT2D eigenvalue weighted by Crippen LogP contribution is 2.18. The van der Waals surface area contributed by atoms with Crippen molar-refractivity contribution in [1.82, 2.24) is 5.32 Å². The maximum absolute atomic E-state index is 13.4. The molecule has 2 aromatic rings. The summed E-state index contributed by atoms with van der Waals surface area (Å²) in [6.45, 7) is 0.0195. The van der Waals surface area contributed by atoms with Gasteiger partial charge >= 0.3 is 11.8 Å². The van der Waals surface area contributed by atoms with Crippen molar-refractivity contribution in [3.8, 4) is 0 Å². The molecule has 0 saturated heterocycles. The first-order valence-corrected chi connectivity index (χ1v) is 6.63. The summed E-state index contributed by atoms with van der Waals surface area (Å²) in [7, 11) is 0. The van der Waals surface area contributed by atoms with Crippen molar-refractivity contribution in [1.29, 1.82) is 0 Å². The van der Waals surface area contributed by atoms with E-state index in [1.54, 1.807) is 24.3 Å². The molecule has 0 radical (unpaired) electrons. The Balaban J connectivity index is 1.98. The molecule has 0 aliphatic heterocycles. The molecular formula is C15H11ClF2N2O2. The number of nitrogens with one attached hydrogen (secondary N) is 2. The standard InChI is InChI=1S/C15H11ClF2N2O2/c16-10-5-2-1-4-9(10)8-19-14(21)15(22)20-13-11(17)6-3-7-12(13)18/h1-7H,8H2,(H,19,21)(H,20,22). The summed E-state index contributed by atoms with van der Waals surface area (Å²) in [5.74, 6) is -4.13. The summed E-state index contributed by atoms with van der Waals surface area (Å²) < 4.78 is 26.7. The number of hydrogen-bond acceptors (Lipinski definition) is 2. The largest absolute Gasteiger partial charge is 0.344 e. The molecule has 0 fully saturated rings. The van der Waals surface area contributed by atoms with E-state index >= 15 is 0 Å². The lowest BCUT2D eigenvalue weighted by molar-refractivity contribution is -0.136. The van der Waals surface area contributed by atoms with Gasteiger partial charge in [0.2, 0.25) is 0 Å². The smallest absolute Gasteiger partial charge is 0.313 e. The number of amides is 2. The summed E-state index contributed by atoms with van der Waals surface area (Å²) >= 11 is 5.91. The Hall–Kier alpha value is -2.47. The van der Waals surface area contributed by atoms with Crippen molar-refractivity contribution in [3.63, 3.8) is 0 Å². The third-order valence-corrected chi connectivity index (χ3v) is 3.17. The van der Waals surface area contributed by atoms with E-state index in [0.29, 0.717) is 10.6 Å².